The second kappa shape index (κ2) is 42.7. The molecule has 16 heteroatoms. The Balaban J connectivity index is 0.000000766. The van der Waals surface area contributed by atoms with Crippen molar-refractivity contribution in [2.75, 3.05) is 157 Å². The van der Waals surface area contributed by atoms with Crippen LogP contribution in [0.15, 0.2) is 0 Å². The highest BCUT2D eigenvalue weighted by molar-refractivity contribution is 4.86. The molecule has 0 radical (unpaired) electrons. The Kier molecular flexibility index (Phi) is 42.3. The SMILES string of the molecule is C.CCCCCN1CC(N)C1.CCCCCN1CC(N)C1.CCCCN1CC(N)C1.CCCCN1CC(N)C1.CCCN1CC(N)C1.CCCN1CC(N)C1.CCN1CC(N)C1.CCN1CC(N)C1. The van der Waals surface area contributed by atoms with E-state index in [9.17, 15) is 0 Å². The van der Waals surface area contributed by atoms with Gasteiger partial charge in [0.05, 0.1) is 0 Å². The van der Waals surface area contributed by atoms with Crippen LogP contribution in [-0.2, 0) is 0 Å². The minimum absolute atomic E-state index is 0. The number of nitrogens with two attached hydrogens (primary N) is 8. The maximum Gasteiger partial charge on any atom is 0.0297 e. The Bertz CT molecular complexity index is 990. The van der Waals surface area contributed by atoms with Crippen molar-refractivity contribution in [1.82, 2.24) is 39.2 Å². The molecular weight excluding hydrogens is 861 g/mol. The van der Waals surface area contributed by atoms with E-state index in [0.717, 1.165) is 118 Å². The molecule has 0 aromatic rings. The van der Waals surface area contributed by atoms with Crippen molar-refractivity contribution in [1.29, 1.82) is 0 Å². The summed E-state index contributed by atoms with van der Waals surface area (Å²) < 4.78 is 0. The largest absolute Gasteiger partial charge is 0.325 e. The van der Waals surface area contributed by atoms with E-state index in [4.69, 9.17) is 45.9 Å². The Labute approximate surface area is 429 Å². The van der Waals surface area contributed by atoms with Crippen LogP contribution in [0.25, 0.3) is 0 Å². The number of nitrogens with zero attached hydrogens (tertiary/aromatic N) is 8. The number of rotatable bonds is 20. The van der Waals surface area contributed by atoms with Gasteiger partial charge in [0, 0.05) is 153 Å². The predicted octanol–water partition coefficient (Wildman–Crippen LogP) is 2.51. The summed E-state index contributed by atoms with van der Waals surface area (Å²) in [5.41, 5.74) is 44.6. The van der Waals surface area contributed by atoms with Crippen molar-refractivity contribution in [3.63, 3.8) is 0 Å². The molecule has 8 aliphatic heterocycles. The van der Waals surface area contributed by atoms with Crippen LogP contribution in [0.2, 0.25) is 0 Å². The first-order valence-electron chi connectivity index (χ1n) is 28.4. The highest BCUT2D eigenvalue weighted by Gasteiger charge is 2.25. The molecule has 0 amide bonds. The molecule has 0 aromatic heterocycles. The van der Waals surface area contributed by atoms with Crippen molar-refractivity contribution in [2.45, 2.75) is 188 Å². The van der Waals surface area contributed by atoms with E-state index in [1.165, 1.54) is 116 Å². The van der Waals surface area contributed by atoms with Gasteiger partial charge >= 0.3 is 0 Å². The molecule has 69 heavy (non-hydrogen) atoms. The van der Waals surface area contributed by atoms with Crippen LogP contribution in [-0.4, -0.2) is 245 Å². The molecule has 8 saturated heterocycles. The molecule has 8 heterocycles. The quantitative estimate of drug-likeness (QED) is 0.0819. The average molecular weight is 986 g/mol. The van der Waals surface area contributed by atoms with Crippen molar-refractivity contribution < 1.29 is 0 Å². The summed E-state index contributed by atoms with van der Waals surface area (Å²) in [4.78, 5) is 19.1. The fourth-order valence-electron chi connectivity index (χ4n) is 9.06. The van der Waals surface area contributed by atoms with Gasteiger partial charge in [0.25, 0.3) is 0 Å². The first-order chi connectivity index (χ1) is 32.6. The highest BCUT2D eigenvalue weighted by Crippen LogP contribution is 2.10. The Morgan fingerprint density at radius 1 is 0.232 bits per heavy atom. The lowest BCUT2D eigenvalue weighted by Gasteiger charge is -2.36. The number of likely N-dealkylation sites (tertiary alicyclic amines) is 8. The van der Waals surface area contributed by atoms with Gasteiger partial charge < -0.3 is 85.1 Å². The van der Waals surface area contributed by atoms with Gasteiger partial charge in [0.15, 0.2) is 0 Å². The Morgan fingerprint density at radius 3 is 0.551 bits per heavy atom. The molecule has 0 atom stereocenters. The Hall–Kier alpha value is -0.640. The van der Waals surface area contributed by atoms with Gasteiger partial charge in [-0.2, -0.15) is 0 Å². The molecule has 16 nitrogen and oxygen atoms in total. The van der Waals surface area contributed by atoms with E-state index < -0.39 is 0 Å². The second-order valence-electron chi connectivity index (χ2n) is 21.5. The van der Waals surface area contributed by atoms with E-state index in [0.29, 0.717) is 48.3 Å². The van der Waals surface area contributed by atoms with Crippen molar-refractivity contribution in [3.05, 3.63) is 0 Å². The van der Waals surface area contributed by atoms with Gasteiger partial charge in [-0.05, 0) is 90.9 Å². The van der Waals surface area contributed by atoms with Crippen LogP contribution < -0.4 is 45.9 Å². The van der Waals surface area contributed by atoms with E-state index in [1.807, 2.05) is 0 Å². The first kappa shape index (κ1) is 68.4. The molecule has 0 aliphatic carbocycles. The third-order valence-corrected chi connectivity index (χ3v) is 13.7. The van der Waals surface area contributed by atoms with Gasteiger partial charge in [0.2, 0.25) is 0 Å². The first-order valence-corrected chi connectivity index (χ1v) is 28.4. The smallest absolute Gasteiger partial charge is 0.0297 e. The van der Waals surface area contributed by atoms with Gasteiger partial charge in [-0.15, -0.1) is 0 Å². The molecule has 0 saturated carbocycles. The average Bonchev–Trinajstić information content (AvgIpc) is 3.23. The number of unbranched alkanes of at least 4 members (excludes halogenated alkanes) is 6. The molecule has 0 spiro atoms. The minimum Gasteiger partial charge on any atom is -0.325 e. The Morgan fingerprint density at radius 2 is 0.406 bits per heavy atom. The summed E-state index contributed by atoms with van der Waals surface area (Å²) in [6.45, 7) is 45.4. The normalized spacial score (nSPS) is 22.3. The molecule has 0 aromatic carbocycles. The fourth-order valence-corrected chi connectivity index (χ4v) is 9.06. The van der Waals surface area contributed by atoms with Crippen LogP contribution in [0.4, 0.5) is 0 Å². The summed E-state index contributed by atoms with van der Waals surface area (Å²) in [7, 11) is 0. The maximum absolute atomic E-state index is 5.63. The minimum atomic E-state index is 0. The zero-order valence-corrected chi connectivity index (χ0v) is 46.3. The standard InChI is InChI=1S/2C8H18N2.2C7H16N2.2C6H14N2.2C5H12N2.CH4/c2*1-2-3-4-5-10-6-8(9)7-10;2*1-2-3-4-9-5-7(8)6-9;2*1-2-3-8-4-6(7)5-8;2*1-2-7-3-5(6)4-7;/h2*8H,2-7,9H2,1H3;2*7H,2-6,8H2,1H3;2*6H,2-5,7H2,1H3;2*5H,2-4,6H2,1H3;1H4. The summed E-state index contributed by atoms with van der Waals surface area (Å²) in [6.07, 6.45) is 15.8. The van der Waals surface area contributed by atoms with Gasteiger partial charge in [-0.3, -0.25) is 0 Å². The fraction of sp³-hybridized carbons (Fsp3) is 1.00. The lowest BCUT2D eigenvalue weighted by molar-refractivity contribution is 0.148. The van der Waals surface area contributed by atoms with E-state index in [1.54, 1.807) is 0 Å². The lowest BCUT2D eigenvalue weighted by Crippen LogP contribution is -2.55. The van der Waals surface area contributed by atoms with Gasteiger partial charge in [-0.1, -0.05) is 101 Å². The number of likely N-dealkylation sites (N-methyl/N-ethyl adjacent to an activating group) is 2. The maximum atomic E-state index is 5.63. The third-order valence-electron chi connectivity index (χ3n) is 13.7. The van der Waals surface area contributed by atoms with Gasteiger partial charge in [-0.25, -0.2) is 0 Å². The lowest BCUT2D eigenvalue weighted by atomic mass is 10.1. The summed E-state index contributed by atoms with van der Waals surface area (Å²) in [6, 6.07) is 3.79. The van der Waals surface area contributed by atoms with E-state index in [2.05, 4.69) is 94.6 Å². The molecule has 8 aliphatic rings. The molecule has 416 valence electrons. The topological polar surface area (TPSA) is 234 Å². The molecule has 0 unspecified atom stereocenters. The summed E-state index contributed by atoms with van der Waals surface area (Å²) in [5.74, 6) is 0. The van der Waals surface area contributed by atoms with Crippen molar-refractivity contribution >= 4 is 0 Å². The van der Waals surface area contributed by atoms with Crippen molar-refractivity contribution in [2.24, 2.45) is 45.9 Å². The molecule has 0 bridgehead atoms. The number of hydrogen-bond acceptors (Lipinski definition) is 16. The second-order valence-corrected chi connectivity index (χ2v) is 21.5. The van der Waals surface area contributed by atoms with Crippen molar-refractivity contribution in [3.8, 4) is 0 Å². The summed E-state index contributed by atoms with van der Waals surface area (Å²) in [5, 5.41) is 0. The van der Waals surface area contributed by atoms with Gasteiger partial charge in [0.1, 0.15) is 0 Å². The summed E-state index contributed by atoms with van der Waals surface area (Å²) >= 11 is 0. The highest BCUT2D eigenvalue weighted by atomic mass is 15.2. The van der Waals surface area contributed by atoms with Crippen LogP contribution in [0.1, 0.15) is 140 Å². The van der Waals surface area contributed by atoms with Crippen LogP contribution in [0, 0.1) is 0 Å². The molecule has 16 N–H and O–H groups in total. The van der Waals surface area contributed by atoms with E-state index >= 15 is 0 Å². The molecule has 8 rings (SSSR count). The predicted molar refractivity (Wildman–Crippen MR) is 303 cm³/mol. The van der Waals surface area contributed by atoms with Crippen LogP contribution in [0.3, 0.4) is 0 Å². The zero-order chi connectivity index (χ0) is 50.7. The van der Waals surface area contributed by atoms with Crippen LogP contribution >= 0.6 is 0 Å². The molecular formula is C53H124N16. The monoisotopic (exact) mass is 985 g/mol. The molecule has 8 fully saturated rings. The van der Waals surface area contributed by atoms with Crippen LogP contribution in [0.5, 0.6) is 0 Å². The number of hydrogen-bond donors (Lipinski definition) is 8. The zero-order valence-electron chi connectivity index (χ0n) is 46.3. The van der Waals surface area contributed by atoms with E-state index in [-0.39, 0.29) is 7.43 Å². The third kappa shape index (κ3) is 34.5.